The number of halogens is 3. The van der Waals surface area contributed by atoms with Gasteiger partial charge in [-0.05, 0) is 13.8 Å². The topological polar surface area (TPSA) is 63.6 Å². The lowest BCUT2D eigenvalue weighted by molar-refractivity contribution is -0.169. The summed E-state index contributed by atoms with van der Waals surface area (Å²) in [5, 5.41) is 8.80. The molecule has 0 rings (SSSR count). The van der Waals surface area contributed by atoms with E-state index in [1.807, 2.05) is 0 Å². The van der Waals surface area contributed by atoms with Crippen molar-refractivity contribution >= 4 is 11.8 Å². The molecule has 1 N–H and O–H groups in total. The van der Waals surface area contributed by atoms with Gasteiger partial charge >= 0.3 is 12.1 Å². The Morgan fingerprint density at radius 2 is 1.80 bits per heavy atom. The van der Waals surface area contributed by atoms with Crippen LogP contribution in [-0.2, 0) is 14.3 Å². The number of allylic oxidation sites excluding steroid dienone is 1. The Kier molecular flexibility index (Phi) is 4.32. The van der Waals surface area contributed by atoms with Crippen LogP contribution in [0.5, 0.6) is 0 Å². The largest absolute Gasteiger partial charge is 0.512 e. The number of esters is 1. The van der Waals surface area contributed by atoms with Crippen LogP contribution in [0.15, 0.2) is 11.3 Å². The molecule has 0 aliphatic rings. The van der Waals surface area contributed by atoms with Crippen molar-refractivity contribution in [3.63, 3.8) is 0 Å². The van der Waals surface area contributed by atoms with E-state index in [4.69, 9.17) is 5.11 Å². The number of Topliss-reactive ketones (excluding diaryl/α,β-unsaturated/α-hetero) is 1. The molecule has 0 aromatic carbocycles. The molecular weight excluding hydrogens is 217 g/mol. The lowest BCUT2D eigenvalue weighted by atomic mass is 10.1. The number of rotatable bonds is 3. The molecule has 0 spiro atoms. The minimum Gasteiger partial charge on any atom is -0.512 e. The Hall–Kier alpha value is -1.53. The van der Waals surface area contributed by atoms with Crippen molar-refractivity contribution in [1.82, 2.24) is 0 Å². The van der Waals surface area contributed by atoms with E-state index in [1.165, 1.54) is 6.92 Å². The number of aliphatic hydroxyl groups excluding tert-OH is 1. The Balaban J connectivity index is 5.13. The van der Waals surface area contributed by atoms with Crippen LogP contribution >= 0.6 is 0 Å². The van der Waals surface area contributed by atoms with Gasteiger partial charge in [-0.1, -0.05) is 0 Å². The molecule has 7 heteroatoms. The average molecular weight is 226 g/mol. The van der Waals surface area contributed by atoms with E-state index in [2.05, 4.69) is 4.74 Å². The summed E-state index contributed by atoms with van der Waals surface area (Å²) in [6.45, 7) is 1.97. The van der Waals surface area contributed by atoms with Crippen molar-refractivity contribution in [1.29, 1.82) is 0 Å². The molecule has 4 nitrogen and oxygen atoms in total. The van der Waals surface area contributed by atoms with Crippen molar-refractivity contribution in [2.24, 2.45) is 0 Å². The van der Waals surface area contributed by atoms with Crippen molar-refractivity contribution in [2.75, 3.05) is 6.61 Å². The van der Waals surface area contributed by atoms with Crippen LogP contribution in [0.4, 0.5) is 13.2 Å². The van der Waals surface area contributed by atoms with E-state index >= 15 is 0 Å². The van der Waals surface area contributed by atoms with Crippen LogP contribution in [0.1, 0.15) is 13.8 Å². The van der Waals surface area contributed by atoms with Crippen molar-refractivity contribution in [3.8, 4) is 0 Å². The number of aliphatic hydroxyl groups is 1. The summed E-state index contributed by atoms with van der Waals surface area (Å²) >= 11 is 0. The number of ketones is 1. The van der Waals surface area contributed by atoms with E-state index in [0.717, 1.165) is 6.92 Å². The highest BCUT2D eigenvalue weighted by molar-refractivity contribution is 6.19. The first-order valence-electron chi connectivity index (χ1n) is 3.90. The maximum Gasteiger partial charge on any atom is 0.455 e. The molecule has 0 aromatic rings. The third-order valence-electron chi connectivity index (χ3n) is 1.33. The maximum atomic E-state index is 12.0. The van der Waals surface area contributed by atoms with Crippen LogP contribution in [-0.4, -0.2) is 29.6 Å². The standard InChI is InChI=1S/C8H9F3O4/c1-3-15-7(14)5(4(2)12)6(13)8(9,10)11/h12H,3H2,1-2H3/b5-4-. The first kappa shape index (κ1) is 13.5. The van der Waals surface area contributed by atoms with Gasteiger partial charge in [0, 0.05) is 0 Å². The van der Waals surface area contributed by atoms with E-state index < -0.39 is 29.3 Å². The summed E-state index contributed by atoms with van der Waals surface area (Å²) in [5.74, 6) is -4.92. The van der Waals surface area contributed by atoms with E-state index in [0.29, 0.717) is 0 Å². The predicted octanol–water partition coefficient (Wildman–Crippen LogP) is 1.51. The van der Waals surface area contributed by atoms with Crippen molar-refractivity contribution in [3.05, 3.63) is 11.3 Å². The second-order valence-electron chi connectivity index (χ2n) is 2.51. The number of carbonyl (C=O) groups excluding carboxylic acids is 2. The quantitative estimate of drug-likeness (QED) is 0.260. The van der Waals surface area contributed by atoms with Crippen LogP contribution in [0.25, 0.3) is 0 Å². The SMILES string of the molecule is CCOC(=O)/C(C(=O)C(F)(F)F)=C(/C)O. The molecule has 0 unspecified atom stereocenters. The summed E-state index contributed by atoms with van der Waals surface area (Å²) in [6.07, 6.45) is -5.22. The van der Waals surface area contributed by atoms with Gasteiger partial charge < -0.3 is 9.84 Å². The zero-order valence-corrected chi connectivity index (χ0v) is 8.01. The maximum absolute atomic E-state index is 12.0. The predicted molar refractivity (Wildman–Crippen MR) is 43.0 cm³/mol. The first-order valence-corrected chi connectivity index (χ1v) is 3.90. The van der Waals surface area contributed by atoms with Crippen LogP contribution in [0.2, 0.25) is 0 Å². The zero-order valence-electron chi connectivity index (χ0n) is 8.01. The van der Waals surface area contributed by atoms with Gasteiger partial charge in [-0.3, -0.25) is 4.79 Å². The number of alkyl halides is 3. The van der Waals surface area contributed by atoms with Gasteiger partial charge in [0.2, 0.25) is 0 Å². The Morgan fingerprint density at radius 1 is 1.33 bits per heavy atom. The molecule has 0 bridgehead atoms. The highest BCUT2D eigenvalue weighted by atomic mass is 19.4. The minimum atomic E-state index is -5.22. The smallest absolute Gasteiger partial charge is 0.455 e. The molecule has 0 atom stereocenters. The summed E-state index contributed by atoms with van der Waals surface area (Å²) in [7, 11) is 0. The first-order chi connectivity index (χ1) is 6.71. The average Bonchev–Trinajstić information content (AvgIpc) is 2.02. The van der Waals surface area contributed by atoms with Crippen molar-refractivity contribution in [2.45, 2.75) is 20.0 Å². The number of hydrogen-bond donors (Lipinski definition) is 1. The molecule has 0 amide bonds. The molecule has 0 radical (unpaired) electrons. The summed E-state index contributed by atoms with van der Waals surface area (Å²) in [5.41, 5.74) is -1.38. The number of hydrogen-bond acceptors (Lipinski definition) is 4. The fourth-order valence-corrected chi connectivity index (χ4v) is 0.750. The van der Waals surface area contributed by atoms with E-state index in [1.54, 1.807) is 0 Å². The van der Waals surface area contributed by atoms with Gasteiger partial charge in [0.15, 0.2) is 0 Å². The van der Waals surface area contributed by atoms with Gasteiger partial charge in [0.25, 0.3) is 5.78 Å². The van der Waals surface area contributed by atoms with E-state index in [-0.39, 0.29) is 6.61 Å². The third kappa shape index (κ3) is 3.61. The normalized spacial score (nSPS) is 13.1. The Morgan fingerprint density at radius 3 is 2.07 bits per heavy atom. The van der Waals surface area contributed by atoms with Gasteiger partial charge in [-0.15, -0.1) is 0 Å². The highest BCUT2D eigenvalue weighted by Crippen LogP contribution is 2.22. The highest BCUT2D eigenvalue weighted by Gasteiger charge is 2.44. The second-order valence-corrected chi connectivity index (χ2v) is 2.51. The molecule has 0 aliphatic heterocycles. The molecule has 0 fully saturated rings. The van der Waals surface area contributed by atoms with Crippen LogP contribution in [0, 0.1) is 0 Å². The molecule has 0 saturated heterocycles. The van der Waals surface area contributed by atoms with Gasteiger partial charge in [0.05, 0.1) is 6.61 Å². The third-order valence-corrected chi connectivity index (χ3v) is 1.33. The fraction of sp³-hybridized carbons (Fsp3) is 0.500. The molecule has 0 aliphatic carbocycles. The minimum absolute atomic E-state index is 0.194. The molecule has 15 heavy (non-hydrogen) atoms. The Bertz CT molecular complexity index is 299. The molecule has 0 aromatic heterocycles. The van der Waals surface area contributed by atoms with Crippen LogP contribution < -0.4 is 0 Å². The molecular formula is C8H9F3O4. The summed E-state index contributed by atoms with van der Waals surface area (Å²) < 4.78 is 40.1. The van der Waals surface area contributed by atoms with Crippen LogP contribution in [0.3, 0.4) is 0 Å². The molecule has 0 heterocycles. The molecule has 86 valence electrons. The lowest BCUT2D eigenvalue weighted by Gasteiger charge is -2.09. The number of ether oxygens (including phenoxy) is 1. The lowest BCUT2D eigenvalue weighted by Crippen LogP contribution is -2.30. The van der Waals surface area contributed by atoms with Gasteiger partial charge in [0.1, 0.15) is 11.3 Å². The summed E-state index contributed by atoms with van der Waals surface area (Å²) in [6, 6.07) is 0. The van der Waals surface area contributed by atoms with E-state index in [9.17, 15) is 22.8 Å². The zero-order chi connectivity index (χ0) is 12.2. The van der Waals surface area contributed by atoms with Crippen molar-refractivity contribution < 1.29 is 32.6 Å². The Labute approximate surface area is 83.3 Å². The molecule has 0 saturated carbocycles. The monoisotopic (exact) mass is 226 g/mol. The number of carbonyl (C=O) groups is 2. The van der Waals surface area contributed by atoms with Gasteiger partial charge in [-0.2, -0.15) is 13.2 Å². The fourth-order valence-electron chi connectivity index (χ4n) is 0.750. The summed E-state index contributed by atoms with van der Waals surface area (Å²) in [4.78, 5) is 21.6. The van der Waals surface area contributed by atoms with Gasteiger partial charge in [-0.25, -0.2) is 4.79 Å². The second kappa shape index (κ2) is 4.81.